The van der Waals surface area contributed by atoms with Crippen molar-refractivity contribution >= 4 is 11.8 Å². The van der Waals surface area contributed by atoms with Gasteiger partial charge in [0.05, 0.1) is 18.7 Å². The monoisotopic (exact) mass is 398 g/mol. The van der Waals surface area contributed by atoms with Crippen LogP contribution in [0.3, 0.4) is 0 Å². The number of ether oxygens (including phenoxy) is 1. The maximum atomic E-state index is 13.2. The van der Waals surface area contributed by atoms with E-state index in [1.54, 1.807) is 4.90 Å². The summed E-state index contributed by atoms with van der Waals surface area (Å²) in [7, 11) is 0. The molecular formula is C20H25F3N2O3. The summed E-state index contributed by atoms with van der Waals surface area (Å²) < 4.78 is 43.8. The lowest BCUT2D eigenvalue weighted by Gasteiger charge is -2.47. The SMILES string of the molecule is CC1(C)COC(c2ccccc2)CN1C(=O)C1CCN(C(=O)C(F)(F)F)CC1. The van der Waals surface area contributed by atoms with Crippen molar-refractivity contribution < 1.29 is 27.5 Å². The number of morpholine rings is 1. The fraction of sp³-hybridized carbons (Fsp3) is 0.600. The molecule has 0 spiro atoms. The van der Waals surface area contributed by atoms with Gasteiger partial charge in [-0.25, -0.2) is 0 Å². The molecule has 28 heavy (non-hydrogen) atoms. The highest BCUT2D eigenvalue weighted by Gasteiger charge is 2.45. The van der Waals surface area contributed by atoms with E-state index in [2.05, 4.69) is 0 Å². The fourth-order valence-electron chi connectivity index (χ4n) is 3.83. The van der Waals surface area contributed by atoms with Crippen LogP contribution < -0.4 is 0 Å². The molecule has 0 radical (unpaired) electrons. The van der Waals surface area contributed by atoms with Gasteiger partial charge >= 0.3 is 12.1 Å². The zero-order valence-electron chi connectivity index (χ0n) is 16.0. The predicted octanol–water partition coefficient (Wildman–Crippen LogP) is 3.17. The average molecular weight is 398 g/mol. The van der Waals surface area contributed by atoms with Crippen LogP contribution in [0.5, 0.6) is 0 Å². The fourth-order valence-corrected chi connectivity index (χ4v) is 3.83. The summed E-state index contributed by atoms with van der Waals surface area (Å²) in [5.41, 5.74) is 0.489. The Balaban J connectivity index is 1.66. The van der Waals surface area contributed by atoms with Crippen LogP contribution >= 0.6 is 0 Å². The van der Waals surface area contributed by atoms with Gasteiger partial charge < -0.3 is 14.5 Å². The molecular weight excluding hydrogens is 373 g/mol. The first-order chi connectivity index (χ1) is 13.1. The summed E-state index contributed by atoms with van der Waals surface area (Å²) in [6, 6.07) is 9.64. The number of halogens is 3. The summed E-state index contributed by atoms with van der Waals surface area (Å²) in [6.07, 6.45) is -4.62. The molecule has 5 nitrogen and oxygen atoms in total. The molecule has 2 aliphatic rings. The van der Waals surface area contributed by atoms with E-state index >= 15 is 0 Å². The lowest BCUT2D eigenvalue weighted by Crippen LogP contribution is -2.58. The van der Waals surface area contributed by atoms with Crippen molar-refractivity contribution in [2.45, 2.75) is 44.5 Å². The summed E-state index contributed by atoms with van der Waals surface area (Å²) >= 11 is 0. The van der Waals surface area contributed by atoms with Crippen LogP contribution in [0, 0.1) is 5.92 Å². The normalized spacial score (nSPS) is 23.5. The van der Waals surface area contributed by atoms with Gasteiger partial charge in [-0.05, 0) is 32.3 Å². The van der Waals surface area contributed by atoms with Crippen LogP contribution in [-0.2, 0) is 14.3 Å². The molecule has 8 heteroatoms. The molecule has 0 saturated carbocycles. The molecule has 1 unspecified atom stereocenters. The minimum Gasteiger partial charge on any atom is -0.369 e. The van der Waals surface area contributed by atoms with E-state index in [1.807, 2.05) is 44.2 Å². The van der Waals surface area contributed by atoms with Crippen molar-refractivity contribution in [1.29, 1.82) is 0 Å². The summed E-state index contributed by atoms with van der Waals surface area (Å²) in [5.74, 6) is -2.28. The molecule has 0 aliphatic carbocycles. The van der Waals surface area contributed by atoms with Crippen LogP contribution in [0.1, 0.15) is 38.4 Å². The Bertz CT molecular complexity index is 713. The van der Waals surface area contributed by atoms with E-state index in [0.29, 0.717) is 13.2 Å². The van der Waals surface area contributed by atoms with Gasteiger partial charge in [-0.15, -0.1) is 0 Å². The van der Waals surface area contributed by atoms with Crippen molar-refractivity contribution in [2.75, 3.05) is 26.2 Å². The quantitative estimate of drug-likeness (QED) is 0.769. The molecule has 1 aromatic rings. The van der Waals surface area contributed by atoms with Crippen molar-refractivity contribution in [1.82, 2.24) is 9.80 Å². The van der Waals surface area contributed by atoms with Gasteiger partial charge in [-0.2, -0.15) is 13.2 Å². The van der Waals surface area contributed by atoms with Crippen molar-refractivity contribution in [3.8, 4) is 0 Å². The number of carbonyl (C=O) groups excluding carboxylic acids is 2. The molecule has 0 N–H and O–H groups in total. The number of rotatable bonds is 2. The molecule has 0 aromatic heterocycles. The van der Waals surface area contributed by atoms with Crippen LogP contribution in [-0.4, -0.2) is 59.6 Å². The Morgan fingerprint density at radius 1 is 1.11 bits per heavy atom. The molecule has 154 valence electrons. The number of carbonyl (C=O) groups is 2. The van der Waals surface area contributed by atoms with Gasteiger partial charge in [0.2, 0.25) is 5.91 Å². The Morgan fingerprint density at radius 2 is 1.71 bits per heavy atom. The van der Waals surface area contributed by atoms with E-state index in [0.717, 1.165) is 10.5 Å². The standard InChI is InChI=1S/C20H25F3N2O3/c1-19(2)13-28-16(14-6-4-3-5-7-14)12-25(19)17(26)15-8-10-24(11-9-15)18(27)20(21,22)23/h3-7,15-16H,8-13H2,1-2H3. The smallest absolute Gasteiger partial charge is 0.369 e. The summed E-state index contributed by atoms with van der Waals surface area (Å²) in [6.45, 7) is 4.52. The first kappa shape index (κ1) is 20.6. The number of piperidine rings is 1. The number of hydrogen-bond acceptors (Lipinski definition) is 3. The first-order valence-corrected chi connectivity index (χ1v) is 9.44. The number of hydrogen-bond donors (Lipinski definition) is 0. The lowest BCUT2D eigenvalue weighted by atomic mass is 9.90. The maximum absolute atomic E-state index is 13.2. The molecule has 2 fully saturated rings. The number of alkyl halides is 3. The largest absolute Gasteiger partial charge is 0.471 e. The van der Waals surface area contributed by atoms with Crippen LogP contribution in [0.15, 0.2) is 30.3 Å². The Labute approximate surface area is 162 Å². The molecule has 0 bridgehead atoms. The zero-order chi connectivity index (χ0) is 20.5. The predicted molar refractivity (Wildman–Crippen MR) is 96.3 cm³/mol. The zero-order valence-corrected chi connectivity index (χ0v) is 16.0. The number of nitrogens with zero attached hydrogens (tertiary/aromatic N) is 2. The first-order valence-electron chi connectivity index (χ1n) is 9.44. The van der Waals surface area contributed by atoms with Crippen LogP contribution in [0.2, 0.25) is 0 Å². The van der Waals surface area contributed by atoms with E-state index in [-0.39, 0.29) is 43.9 Å². The van der Waals surface area contributed by atoms with Gasteiger partial charge in [-0.3, -0.25) is 9.59 Å². The highest BCUT2D eigenvalue weighted by Crippen LogP contribution is 2.33. The van der Waals surface area contributed by atoms with Gasteiger partial charge in [0.25, 0.3) is 0 Å². The summed E-state index contributed by atoms with van der Waals surface area (Å²) in [5, 5.41) is 0. The van der Waals surface area contributed by atoms with Crippen LogP contribution in [0.4, 0.5) is 13.2 Å². The number of likely N-dealkylation sites (tertiary alicyclic amines) is 1. The third kappa shape index (κ3) is 4.32. The van der Waals surface area contributed by atoms with Crippen molar-refractivity contribution in [3.05, 3.63) is 35.9 Å². The highest BCUT2D eigenvalue weighted by molar-refractivity contribution is 5.83. The van der Waals surface area contributed by atoms with Crippen molar-refractivity contribution in [2.24, 2.45) is 5.92 Å². The molecule has 2 saturated heterocycles. The molecule has 3 rings (SSSR count). The third-order valence-electron chi connectivity index (χ3n) is 5.53. The molecule has 2 aliphatic heterocycles. The highest BCUT2D eigenvalue weighted by atomic mass is 19.4. The summed E-state index contributed by atoms with van der Waals surface area (Å²) in [4.78, 5) is 27.1. The maximum Gasteiger partial charge on any atom is 0.471 e. The van der Waals surface area contributed by atoms with E-state index in [1.165, 1.54) is 0 Å². The Kier molecular flexibility index (Phi) is 5.70. The van der Waals surface area contributed by atoms with Gasteiger partial charge in [0, 0.05) is 19.0 Å². The average Bonchev–Trinajstić information content (AvgIpc) is 2.67. The van der Waals surface area contributed by atoms with Gasteiger partial charge in [-0.1, -0.05) is 30.3 Å². The number of benzene rings is 1. The minimum atomic E-state index is -4.87. The number of amides is 2. The lowest BCUT2D eigenvalue weighted by molar-refractivity contribution is -0.187. The second kappa shape index (κ2) is 7.73. The third-order valence-corrected chi connectivity index (χ3v) is 5.53. The Morgan fingerprint density at radius 3 is 2.29 bits per heavy atom. The van der Waals surface area contributed by atoms with E-state index in [9.17, 15) is 22.8 Å². The Hall–Kier alpha value is -2.09. The second-order valence-electron chi connectivity index (χ2n) is 8.04. The molecule has 1 atom stereocenters. The van der Waals surface area contributed by atoms with Crippen molar-refractivity contribution in [3.63, 3.8) is 0 Å². The van der Waals surface area contributed by atoms with Gasteiger partial charge in [0.1, 0.15) is 6.10 Å². The minimum absolute atomic E-state index is 0.0539. The van der Waals surface area contributed by atoms with E-state index < -0.39 is 17.6 Å². The topological polar surface area (TPSA) is 49.9 Å². The van der Waals surface area contributed by atoms with Gasteiger partial charge in [0.15, 0.2) is 0 Å². The second-order valence-corrected chi connectivity index (χ2v) is 8.04. The van der Waals surface area contributed by atoms with E-state index in [4.69, 9.17) is 4.74 Å². The molecule has 1 aromatic carbocycles. The van der Waals surface area contributed by atoms with Crippen LogP contribution in [0.25, 0.3) is 0 Å². The molecule has 2 amide bonds. The molecule has 2 heterocycles.